The molecular formula is C17H16F2N2O2. The number of aliphatic carboxylic acids is 1. The molecule has 0 aliphatic carbocycles. The Labute approximate surface area is 132 Å². The van der Waals surface area contributed by atoms with Crippen molar-refractivity contribution in [2.45, 2.75) is 12.8 Å². The molecule has 1 saturated heterocycles. The third-order valence-corrected chi connectivity index (χ3v) is 4.08. The smallest absolute Gasteiger partial charge is 0.308 e. The number of carboxylic acids is 1. The van der Waals surface area contributed by atoms with Crippen molar-refractivity contribution in [3.8, 4) is 11.1 Å². The van der Waals surface area contributed by atoms with Crippen LogP contribution >= 0.6 is 0 Å². The van der Waals surface area contributed by atoms with Crippen molar-refractivity contribution in [2.75, 3.05) is 18.0 Å². The van der Waals surface area contributed by atoms with E-state index in [0.29, 0.717) is 24.3 Å². The van der Waals surface area contributed by atoms with Crippen LogP contribution < -0.4 is 4.90 Å². The van der Waals surface area contributed by atoms with Gasteiger partial charge < -0.3 is 10.0 Å². The third kappa shape index (κ3) is 3.31. The second kappa shape index (κ2) is 6.32. The maximum atomic E-state index is 13.8. The summed E-state index contributed by atoms with van der Waals surface area (Å²) in [5.74, 6) is -1.56. The van der Waals surface area contributed by atoms with Crippen molar-refractivity contribution in [1.82, 2.24) is 4.98 Å². The van der Waals surface area contributed by atoms with E-state index in [1.54, 1.807) is 12.1 Å². The summed E-state index contributed by atoms with van der Waals surface area (Å²) in [7, 11) is 0. The Hall–Kier alpha value is -2.50. The van der Waals surface area contributed by atoms with Gasteiger partial charge in [0.05, 0.1) is 5.92 Å². The van der Waals surface area contributed by atoms with Crippen LogP contribution in [0.2, 0.25) is 0 Å². The largest absolute Gasteiger partial charge is 0.481 e. The van der Waals surface area contributed by atoms with Gasteiger partial charge in [-0.1, -0.05) is 0 Å². The van der Waals surface area contributed by atoms with Gasteiger partial charge in [-0.2, -0.15) is 0 Å². The average Bonchev–Trinajstić information content (AvgIpc) is 2.57. The number of hydrogen-bond acceptors (Lipinski definition) is 3. The molecule has 23 heavy (non-hydrogen) atoms. The number of nitrogens with zero attached hydrogens (tertiary/aromatic N) is 2. The van der Waals surface area contributed by atoms with Gasteiger partial charge in [0.1, 0.15) is 17.5 Å². The molecule has 0 bridgehead atoms. The van der Waals surface area contributed by atoms with E-state index >= 15 is 0 Å². The molecule has 1 atom stereocenters. The van der Waals surface area contributed by atoms with Gasteiger partial charge in [-0.15, -0.1) is 0 Å². The number of carboxylic acid groups (broad SMARTS) is 1. The highest BCUT2D eigenvalue weighted by Gasteiger charge is 2.26. The summed E-state index contributed by atoms with van der Waals surface area (Å²) in [5.41, 5.74) is 0.642. The predicted molar refractivity (Wildman–Crippen MR) is 82.2 cm³/mol. The van der Waals surface area contributed by atoms with E-state index in [4.69, 9.17) is 5.11 Å². The maximum absolute atomic E-state index is 13.8. The summed E-state index contributed by atoms with van der Waals surface area (Å²) >= 11 is 0. The Kier molecular flexibility index (Phi) is 4.23. The molecule has 1 N–H and O–H groups in total. The van der Waals surface area contributed by atoms with Crippen LogP contribution in [-0.2, 0) is 4.79 Å². The molecule has 3 rings (SSSR count). The highest BCUT2D eigenvalue weighted by molar-refractivity contribution is 5.71. The highest BCUT2D eigenvalue weighted by Crippen LogP contribution is 2.26. The summed E-state index contributed by atoms with van der Waals surface area (Å²) in [5, 5.41) is 9.13. The quantitative estimate of drug-likeness (QED) is 0.943. The van der Waals surface area contributed by atoms with Crippen molar-refractivity contribution in [1.29, 1.82) is 0 Å². The monoisotopic (exact) mass is 318 g/mol. The number of pyridine rings is 1. The molecule has 2 aromatic rings. The normalized spacial score (nSPS) is 18.0. The molecule has 2 heterocycles. The standard InChI is InChI=1S/C17H16F2N2O2/c18-13-4-5-15(19)14(8-13)11-3-6-16(20-9-11)21-7-1-2-12(10-21)17(22)23/h3-6,8-9,12H,1-2,7,10H2,(H,22,23). The number of carbonyl (C=O) groups is 1. The number of piperidine rings is 1. The fourth-order valence-electron chi connectivity index (χ4n) is 2.84. The van der Waals surface area contributed by atoms with Gasteiger partial charge in [-0.05, 0) is 43.2 Å². The molecule has 0 radical (unpaired) electrons. The first-order chi connectivity index (χ1) is 11.0. The van der Waals surface area contributed by atoms with Crippen LogP contribution in [0.5, 0.6) is 0 Å². The first-order valence-electron chi connectivity index (χ1n) is 7.44. The number of rotatable bonds is 3. The minimum atomic E-state index is -0.798. The number of halogens is 2. The molecule has 1 aromatic carbocycles. The van der Waals surface area contributed by atoms with E-state index in [2.05, 4.69) is 4.98 Å². The lowest BCUT2D eigenvalue weighted by molar-refractivity contribution is -0.141. The Morgan fingerprint density at radius 1 is 1.26 bits per heavy atom. The molecule has 4 nitrogen and oxygen atoms in total. The molecular weight excluding hydrogens is 302 g/mol. The van der Waals surface area contributed by atoms with Crippen molar-refractivity contribution in [2.24, 2.45) is 5.92 Å². The fourth-order valence-corrected chi connectivity index (χ4v) is 2.84. The molecule has 1 unspecified atom stereocenters. The topological polar surface area (TPSA) is 53.4 Å². The number of anilines is 1. The maximum Gasteiger partial charge on any atom is 0.308 e. The molecule has 120 valence electrons. The van der Waals surface area contributed by atoms with Gasteiger partial charge in [-0.25, -0.2) is 13.8 Å². The lowest BCUT2D eigenvalue weighted by Gasteiger charge is -2.31. The summed E-state index contributed by atoms with van der Waals surface area (Å²) in [6.07, 6.45) is 2.94. The zero-order valence-corrected chi connectivity index (χ0v) is 12.4. The number of aromatic nitrogens is 1. The summed E-state index contributed by atoms with van der Waals surface area (Å²) in [6.45, 7) is 1.15. The zero-order valence-electron chi connectivity index (χ0n) is 12.4. The molecule has 6 heteroatoms. The molecule has 0 saturated carbocycles. The lowest BCUT2D eigenvalue weighted by Crippen LogP contribution is -2.39. The predicted octanol–water partition coefficient (Wildman–Crippen LogP) is 3.33. The first kappa shape index (κ1) is 15.4. The second-order valence-corrected chi connectivity index (χ2v) is 5.65. The van der Waals surface area contributed by atoms with Crippen molar-refractivity contribution in [3.63, 3.8) is 0 Å². The number of hydrogen-bond donors (Lipinski definition) is 1. The van der Waals surface area contributed by atoms with Crippen molar-refractivity contribution < 1.29 is 18.7 Å². The van der Waals surface area contributed by atoms with Crippen LogP contribution in [0.1, 0.15) is 12.8 Å². The Bertz CT molecular complexity index is 719. The van der Waals surface area contributed by atoms with E-state index in [1.165, 1.54) is 6.20 Å². The van der Waals surface area contributed by atoms with Crippen LogP contribution in [0, 0.1) is 17.6 Å². The third-order valence-electron chi connectivity index (χ3n) is 4.08. The van der Waals surface area contributed by atoms with E-state index in [0.717, 1.165) is 31.2 Å². The van der Waals surface area contributed by atoms with Crippen LogP contribution in [0.15, 0.2) is 36.5 Å². The fraction of sp³-hybridized carbons (Fsp3) is 0.294. The molecule has 0 amide bonds. The van der Waals surface area contributed by atoms with Crippen molar-refractivity contribution in [3.05, 3.63) is 48.2 Å². The minimum absolute atomic E-state index is 0.158. The number of benzene rings is 1. The van der Waals surface area contributed by atoms with Crippen LogP contribution in [0.4, 0.5) is 14.6 Å². The van der Waals surface area contributed by atoms with E-state index in [1.807, 2.05) is 4.90 Å². The first-order valence-corrected chi connectivity index (χ1v) is 7.44. The summed E-state index contributed by atoms with van der Waals surface area (Å²) < 4.78 is 27.1. The molecule has 0 spiro atoms. The van der Waals surface area contributed by atoms with E-state index < -0.39 is 23.5 Å². The highest BCUT2D eigenvalue weighted by atomic mass is 19.1. The van der Waals surface area contributed by atoms with Gasteiger partial charge in [-0.3, -0.25) is 4.79 Å². The van der Waals surface area contributed by atoms with Crippen LogP contribution in [0.25, 0.3) is 11.1 Å². The Morgan fingerprint density at radius 3 is 2.78 bits per heavy atom. The molecule has 1 aliphatic rings. The van der Waals surface area contributed by atoms with Gasteiger partial charge >= 0.3 is 5.97 Å². The van der Waals surface area contributed by atoms with Gasteiger partial charge in [0.15, 0.2) is 0 Å². The van der Waals surface area contributed by atoms with Crippen LogP contribution in [0.3, 0.4) is 0 Å². The van der Waals surface area contributed by atoms with Gasteiger partial charge in [0.2, 0.25) is 0 Å². The molecule has 1 fully saturated rings. The minimum Gasteiger partial charge on any atom is -0.481 e. The van der Waals surface area contributed by atoms with E-state index in [-0.39, 0.29) is 5.56 Å². The summed E-state index contributed by atoms with van der Waals surface area (Å²) in [6, 6.07) is 6.67. The van der Waals surface area contributed by atoms with Crippen LogP contribution in [-0.4, -0.2) is 29.1 Å². The van der Waals surface area contributed by atoms with Gasteiger partial charge in [0.25, 0.3) is 0 Å². The lowest BCUT2D eigenvalue weighted by atomic mass is 9.98. The van der Waals surface area contributed by atoms with Crippen molar-refractivity contribution >= 4 is 11.8 Å². The summed E-state index contributed by atoms with van der Waals surface area (Å²) in [4.78, 5) is 17.3. The van der Waals surface area contributed by atoms with E-state index in [9.17, 15) is 13.6 Å². The second-order valence-electron chi connectivity index (χ2n) is 5.65. The average molecular weight is 318 g/mol. The molecule has 1 aliphatic heterocycles. The molecule has 1 aromatic heterocycles. The van der Waals surface area contributed by atoms with Gasteiger partial charge in [0, 0.05) is 30.4 Å². The zero-order chi connectivity index (χ0) is 16.4. The Morgan fingerprint density at radius 2 is 2.09 bits per heavy atom. The SMILES string of the molecule is O=C(O)C1CCCN(c2ccc(-c3cc(F)ccc3F)cn2)C1. The Balaban J connectivity index is 1.82.